The van der Waals surface area contributed by atoms with Gasteiger partial charge in [-0.3, -0.25) is 4.79 Å². The molecular formula is C17H34N2O. The molecule has 0 aromatic carbocycles. The van der Waals surface area contributed by atoms with Gasteiger partial charge < -0.3 is 11.1 Å². The maximum absolute atomic E-state index is 12.4. The molecule has 1 aliphatic rings. The average molecular weight is 282 g/mol. The van der Waals surface area contributed by atoms with Crippen molar-refractivity contribution < 1.29 is 4.79 Å². The van der Waals surface area contributed by atoms with E-state index in [1.165, 1.54) is 25.7 Å². The molecule has 3 N–H and O–H groups in total. The van der Waals surface area contributed by atoms with Crippen LogP contribution in [-0.4, -0.2) is 18.0 Å². The van der Waals surface area contributed by atoms with Crippen molar-refractivity contribution in [3.05, 3.63) is 0 Å². The molecule has 1 rings (SSSR count). The van der Waals surface area contributed by atoms with E-state index in [0.29, 0.717) is 17.9 Å². The molecule has 5 unspecified atom stereocenters. The number of nitrogens with two attached hydrogens (primary N) is 1. The highest BCUT2D eigenvalue weighted by molar-refractivity contribution is 5.79. The molecule has 0 aromatic heterocycles. The van der Waals surface area contributed by atoms with E-state index in [-0.39, 0.29) is 17.9 Å². The van der Waals surface area contributed by atoms with Gasteiger partial charge in [0.15, 0.2) is 0 Å². The summed E-state index contributed by atoms with van der Waals surface area (Å²) in [5.74, 6) is 1.33. The molecule has 0 radical (unpaired) electrons. The molecular weight excluding hydrogens is 248 g/mol. The maximum Gasteiger partial charge on any atom is 0.223 e. The van der Waals surface area contributed by atoms with Crippen molar-refractivity contribution in [1.82, 2.24) is 5.32 Å². The van der Waals surface area contributed by atoms with Crippen molar-refractivity contribution in [3.63, 3.8) is 0 Å². The van der Waals surface area contributed by atoms with Gasteiger partial charge in [0.1, 0.15) is 0 Å². The summed E-state index contributed by atoms with van der Waals surface area (Å²) in [6.45, 7) is 8.74. The molecule has 0 heterocycles. The molecule has 118 valence electrons. The predicted molar refractivity (Wildman–Crippen MR) is 85.4 cm³/mol. The third kappa shape index (κ3) is 5.43. The summed E-state index contributed by atoms with van der Waals surface area (Å²) in [4.78, 5) is 12.4. The van der Waals surface area contributed by atoms with Crippen LogP contribution in [0.1, 0.15) is 72.6 Å². The monoisotopic (exact) mass is 282 g/mol. The lowest BCUT2D eigenvalue weighted by Crippen LogP contribution is -2.47. The van der Waals surface area contributed by atoms with Crippen molar-refractivity contribution in [1.29, 1.82) is 0 Å². The van der Waals surface area contributed by atoms with Crippen LogP contribution in [0, 0.1) is 17.8 Å². The maximum atomic E-state index is 12.4. The van der Waals surface area contributed by atoms with Crippen LogP contribution in [0.15, 0.2) is 0 Å². The summed E-state index contributed by atoms with van der Waals surface area (Å²) < 4.78 is 0. The zero-order valence-electron chi connectivity index (χ0n) is 13.8. The van der Waals surface area contributed by atoms with Gasteiger partial charge in [-0.2, -0.15) is 0 Å². The highest BCUT2D eigenvalue weighted by atomic mass is 16.1. The summed E-state index contributed by atoms with van der Waals surface area (Å²) in [6.07, 6.45) is 8.06. The second kappa shape index (κ2) is 8.66. The van der Waals surface area contributed by atoms with Gasteiger partial charge in [0.2, 0.25) is 5.91 Å². The van der Waals surface area contributed by atoms with Gasteiger partial charge in [-0.25, -0.2) is 0 Å². The Morgan fingerprint density at radius 2 is 1.90 bits per heavy atom. The molecule has 5 atom stereocenters. The molecule has 1 saturated carbocycles. The van der Waals surface area contributed by atoms with Gasteiger partial charge in [-0.1, -0.05) is 46.5 Å². The fraction of sp³-hybridized carbons (Fsp3) is 0.941. The third-order valence-electron chi connectivity index (χ3n) is 4.90. The second-order valence-corrected chi connectivity index (χ2v) is 6.96. The van der Waals surface area contributed by atoms with E-state index in [0.717, 1.165) is 19.3 Å². The van der Waals surface area contributed by atoms with Crippen LogP contribution in [0.3, 0.4) is 0 Å². The van der Waals surface area contributed by atoms with Crippen molar-refractivity contribution in [2.75, 3.05) is 0 Å². The molecule has 3 heteroatoms. The lowest BCUT2D eigenvalue weighted by molar-refractivity contribution is -0.128. The van der Waals surface area contributed by atoms with E-state index >= 15 is 0 Å². The molecule has 0 bridgehead atoms. The SMILES string of the molecule is CCCCCCC(C)NC(=O)C1CC(N)C(C)CC1C. The Balaban J connectivity index is 2.34. The van der Waals surface area contributed by atoms with E-state index in [1.807, 2.05) is 0 Å². The fourth-order valence-electron chi connectivity index (χ4n) is 3.35. The van der Waals surface area contributed by atoms with Gasteiger partial charge in [0.05, 0.1) is 0 Å². The van der Waals surface area contributed by atoms with Crippen molar-refractivity contribution >= 4 is 5.91 Å². The second-order valence-electron chi connectivity index (χ2n) is 6.96. The lowest BCUT2D eigenvalue weighted by Gasteiger charge is -2.36. The van der Waals surface area contributed by atoms with E-state index in [9.17, 15) is 4.79 Å². The number of rotatable bonds is 7. The molecule has 1 fully saturated rings. The minimum absolute atomic E-state index is 0.110. The number of carbonyl (C=O) groups excluding carboxylic acids is 1. The summed E-state index contributed by atoms with van der Waals surface area (Å²) in [5.41, 5.74) is 6.13. The number of carbonyl (C=O) groups is 1. The van der Waals surface area contributed by atoms with Crippen LogP contribution >= 0.6 is 0 Å². The first-order chi connectivity index (χ1) is 9.45. The highest BCUT2D eigenvalue weighted by Crippen LogP contribution is 2.33. The van der Waals surface area contributed by atoms with Crippen LogP contribution in [0.25, 0.3) is 0 Å². The number of unbranched alkanes of at least 4 members (excludes halogenated alkanes) is 3. The van der Waals surface area contributed by atoms with Crippen LogP contribution in [-0.2, 0) is 4.79 Å². The van der Waals surface area contributed by atoms with Gasteiger partial charge in [-0.05, 0) is 38.0 Å². The number of hydrogen-bond acceptors (Lipinski definition) is 2. The quantitative estimate of drug-likeness (QED) is 0.702. The first-order valence-corrected chi connectivity index (χ1v) is 8.51. The zero-order valence-corrected chi connectivity index (χ0v) is 13.8. The van der Waals surface area contributed by atoms with E-state index < -0.39 is 0 Å². The van der Waals surface area contributed by atoms with E-state index in [1.54, 1.807) is 0 Å². The van der Waals surface area contributed by atoms with Crippen LogP contribution in [0.2, 0.25) is 0 Å². The molecule has 0 aliphatic heterocycles. The van der Waals surface area contributed by atoms with Crippen LogP contribution < -0.4 is 11.1 Å². The number of hydrogen-bond donors (Lipinski definition) is 2. The molecule has 20 heavy (non-hydrogen) atoms. The summed E-state index contributed by atoms with van der Waals surface area (Å²) in [5, 5.41) is 3.20. The summed E-state index contributed by atoms with van der Waals surface area (Å²) in [7, 11) is 0. The van der Waals surface area contributed by atoms with Crippen molar-refractivity contribution in [2.24, 2.45) is 23.5 Å². The molecule has 0 aromatic rings. The Hall–Kier alpha value is -0.570. The number of amides is 1. The topological polar surface area (TPSA) is 55.1 Å². The van der Waals surface area contributed by atoms with Crippen LogP contribution in [0.5, 0.6) is 0 Å². The zero-order chi connectivity index (χ0) is 15.1. The molecule has 1 aliphatic carbocycles. The lowest BCUT2D eigenvalue weighted by atomic mass is 9.72. The Morgan fingerprint density at radius 1 is 1.20 bits per heavy atom. The van der Waals surface area contributed by atoms with Gasteiger partial charge in [0, 0.05) is 18.0 Å². The Kier molecular flexibility index (Phi) is 7.57. The summed E-state index contributed by atoms with van der Waals surface area (Å²) in [6, 6.07) is 0.476. The van der Waals surface area contributed by atoms with Crippen molar-refractivity contribution in [2.45, 2.75) is 84.7 Å². The minimum atomic E-state index is 0.110. The van der Waals surface area contributed by atoms with Crippen LogP contribution in [0.4, 0.5) is 0 Å². The molecule has 0 saturated heterocycles. The smallest absolute Gasteiger partial charge is 0.223 e. The molecule has 3 nitrogen and oxygen atoms in total. The minimum Gasteiger partial charge on any atom is -0.353 e. The Labute approximate surface area is 125 Å². The van der Waals surface area contributed by atoms with Gasteiger partial charge >= 0.3 is 0 Å². The third-order valence-corrected chi connectivity index (χ3v) is 4.90. The number of nitrogens with one attached hydrogen (secondary N) is 1. The average Bonchev–Trinajstić information content (AvgIpc) is 2.38. The van der Waals surface area contributed by atoms with Crippen molar-refractivity contribution in [3.8, 4) is 0 Å². The van der Waals surface area contributed by atoms with Gasteiger partial charge in [-0.15, -0.1) is 0 Å². The van der Waals surface area contributed by atoms with Gasteiger partial charge in [0.25, 0.3) is 0 Å². The van der Waals surface area contributed by atoms with E-state index in [4.69, 9.17) is 5.73 Å². The Morgan fingerprint density at radius 3 is 2.55 bits per heavy atom. The summed E-state index contributed by atoms with van der Waals surface area (Å²) >= 11 is 0. The first kappa shape index (κ1) is 17.5. The molecule has 1 amide bonds. The molecule has 0 spiro atoms. The standard InChI is InChI=1S/C17H34N2O/c1-5-6-7-8-9-14(4)19-17(20)15-11-16(18)13(3)10-12(15)2/h12-16H,5-11,18H2,1-4H3,(H,19,20). The Bertz CT molecular complexity index is 293. The fourth-order valence-corrected chi connectivity index (χ4v) is 3.35. The van der Waals surface area contributed by atoms with E-state index in [2.05, 4.69) is 33.0 Å². The first-order valence-electron chi connectivity index (χ1n) is 8.51. The normalized spacial score (nSPS) is 31.9. The highest BCUT2D eigenvalue weighted by Gasteiger charge is 2.35. The largest absolute Gasteiger partial charge is 0.353 e. The predicted octanol–water partition coefficient (Wildman–Crippen LogP) is 3.47.